The summed E-state index contributed by atoms with van der Waals surface area (Å²) in [7, 11) is 0. The van der Waals surface area contributed by atoms with E-state index in [-0.39, 0.29) is 0 Å². The average Bonchev–Trinajstić information content (AvgIpc) is 2.95. The van der Waals surface area contributed by atoms with Crippen LogP contribution in [0.15, 0.2) is 35.0 Å². The first kappa shape index (κ1) is 15.4. The zero-order valence-electron chi connectivity index (χ0n) is 11.9. The first-order valence-electron chi connectivity index (χ1n) is 6.89. The highest BCUT2D eigenvalue weighted by molar-refractivity contribution is 7.99. The molecule has 1 aliphatic rings. The van der Waals surface area contributed by atoms with Crippen LogP contribution in [-0.4, -0.2) is 49.8 Å². The van der Waals surface area contributed by atoms with Gasteiger partial charge < -0.3 is 24.5 Å². The Hall–Kier alpha value is -1.54. The fourth-order valence-corrected chi connectivity index (χ4v) is 3.35. The summed E-state index contributed by atoms with van der Waals surface area (Å²) in [6.07, 6.45) is -0.133. The molecule has 1 fully saturated rings. The molecule has 118 valence electrons. The highest BCUT2D eigenvalue weighted by Gasteiger charge is 2.38. The summed E-state index contributed by atoms with van der Waals surface area (Å²) in [6.45, 7) is 1.86. The average molecular weight is 323 g/mol. The molecule has 0 saturated carbocycles. The molecular weight excluding hydrogens is 306 g/mol. The lowest BCUT2D eigenvalue weighted by Gasteiger charge is -2.34. The van der Waals surface area contributed by atoms with Gasteiger partial charge in [0, 0.05) is 17.5 Å². The van der Waals surface area contributed by atoms with Gasteiger partial charge in [0.2, 0.25) is 0 Å². The second-order valence-corrected chi connectivity index (χ2v) is 6.32. The first-order valence-corrected chi connectivity index (χ1v) is 7.94. The third kappa shape index (κ3) is 3.12. The second kappa shape index (κ2) is 6.29. The van der Waals surface area contributed by atoms with E-state index in [1.54, 1.807) is 12.3 Å². The van der Waals surface area contributed by atoms with Gasteiger partial charge in [-0.3, -0.25) is 4.98 Å². The fraction of sp³-hybridized carbons (Fsp3) is 0.400. The van der Waals surface area contributed by atoms with E-state index in [1.165, 1.54) is 18.0 Å². The van der Waals surface area contributed by atoms with Crippen molar-refractivity contribution >= 4 is 11.8 Å². The van der Waals surface area contributed by atoms with Crippen molar-refractivity contribution in [2.24, 2.45) is 0 Å². The van der Waals surface area contributed by atoms with Gasteiger partial charge in [-0.05, 0) is 25.1 Å². The number of rotatable bonds is 3. The zero-order valence-corrected chi connectivity index (χ0v) is 12.7. The van der Waals surface area contributed by atoms with Crippen LogP contribution in [0.2, 0.25) is 0 Å². The summed E-state index contributed by atoms with van der Waals surface area (Å²) in [6, 6.07) is 5.47. The monoisotopic (exact) mass is 323 g/mol. The van der Waals surface area contributed by atoms with Crippen LogP contribution >= 0.6 is 11.8 Å². The Balaban J connectivity index is 1.76. The summed E-state index contributed by atoms with van der Waals surface area (Å²) in [4.78, 5) is 4.11. The predicted octanol–water partition coefficient (Wildman–Crippen LogP) is 1.18. The topological polar surface area (TPSA) is 96.0 Å². The normalized spacial score (nSPS) is 28.5. The lowest BCUT2D eigenvalue weighted by Crippen LogP contribution is -2.50. The van der Waals surface area contributed by atoms with Gasteiger partial charge in [-0.2, -0.15) is 0 Å². The molecule has 1 saturated heterocycles. The van der Waals surface area contributed by atoms with E-state index in [2.05, 4.69) is 4.98 Å². The molecule has 0 aromatic carbocycles. The molecule has 2 aromatic rings. The summed E-state index contributed by atoms with van der Waals surface area (Å²) in [5.41, 5.74) is 0.107. The number of ether oxygens (including phenoxy) is 1. The van der Waals surface area contributed by atoms with Gasteiger partial charge in [0.15, 0.2) is 5.44 Å². The summed E-state index contributed by atoms with van der Waals surface area (Å²) in [5.74, 6) is 2.25. The van der Waals surface area contributed by atoms with Gasteiger partial charge in [-0.1, -0.05) is 0 Å². The number of thioether (sulfide) groups is 1. The molecule has 1 aliphatic heterocycles. The maximum atomic E-state index is 9.96. The minimum absolute atomic E-state index is 0.299. The van der Waals surface area contributed by atoms with Crippen molar-refractivity contribution in [3.05, 3.63) is 36.4 Å². The molecule has 0 bridgehead atoms. The van der Waals surface area contributed by atoms with Crippen molar-refractivity contribution in [2.45, 2.75) is 30.7 Å². The Morgan fingerprint density at radius 3 is 2.77 bits per heavy atom. The summed E-state index contributed by atoms with van der Waals surface area (Å²) < 4.78 is 11.2. The predicted molar refractivity (Wildman–Crippen MR) is 81.6 cm³/mol. The molecule has 4 atom stereocenters. The fourth-order valence-electron chi connectivity index (χ4n) is 2.22. The van der Waals surface area contributed by atoms with Crippen molar-refractivity contribution in [1.29, 1.82) is 0 Å². The van der Waals surface area contributed by atoms with E-state index in [0.29, 0.717) is 17.3 Å². The number of aliphatic hydroxyl groups excluding tert-OH is 3. The van der Waals surface area contributed by atoms with Crippen LogP contribution in [0, 0.1) is 6.92 Å². The maximum Gasteiger partial charge on any atom is 0.173 e. The molecule has 6 nitrogen and oxygen atoms in total. The smallest absolute Gasteiger partial charge is 0.173 e. The molecule has 22 heavy (non-hydrogen) atoms. The minimum Gasteiger partial charge on any atom is -0.475 e. The second-order valence-electron chi connectivity index (χ2n) is 5.19. The van der Waals surface area contributed by atoms with Crippen LogP contribution in [0.5, 0.6) is 5.75 Å². The number of aromatic nitrogens is 1. The Morgan fingerprint density at radius 2 is 2.05 bits per heavy atom. The molecule has 7 heteroatoms. The Morgan fingerprint density at radius 1 is 1.23 bits per heavy atom. The molecule has 3 rings (SSSR count). The Bertz CT molecular complexity index is 646. The lowest BCUT2D eigenvalue weighted by atomic mass is 10.1. The van der Waals surface area contributed by atoms with Gasteiger partial charge in [0.1, 0.15) is 29.5 Å². The van der Waals surface area contributed by atoms with Crippen LogP contribution in [0.4, 0.5) is 0 Å². The molecule has 3 N–H and O–H groups in total. The molecule has 3 heterocycles. The van der Waals surface area contributed by atoms with Crippen LogP contribution in [0.3, 0.4) is 0 Å². The highest BCUT2D eigenvalue weighted by Crippen LogP contribution is 2.31. The van der Waals surface area contributed by atoms with Gasteiger partial charge in [-0.15, -0.1) is 11.8 Å². The third-order valence-corrected chi connectivity index (χ3v) is 4.68. The van der Waals surface area contributed by atoms with Gasteiger partial charge in [-0.25, -0.2) is 0 Å². The zero-order chi connectivity index (χ0) is 15.7. The van der Waals surface area contributed by atoms with Crippen molar-refractivity contribution in [3.8, 4) is 17.1 Å². The largest absolute Gasteiger partial charge is 0.475 e. The maximum absolute atomic E-state index is 9.96. The van der Waals surface area contributed by atoms with E-state index in [1.807, 2.05) is 19.1 Å². The number of pyridine rings is 1. The standard InChI is InChI=1S/C15H17NO5S/c1-8-2-3-12(20-8)9-4-10(6-16-5-9)21-15-14(19)13(18)11(17)7-22-15/h2-6,11,13-15,17-19H,7H2,1H3/t11-,13+,14-,15-/m1/s1. The van der Waals surface area contributed by atoms with Crippen LogP contribution < -0.4 is 4.74 Å². The van der Waals surface area contributed by atoms with E-state index in [4.69, 9.17) is 9.15 Å². The number of hydrogen-bond acceptors (Lipinski definition) is 7. The van der Waals surface area contributed by atoms with Gasteiger partial charge >= 0.3 is 0 Å². The van der Waals surface area contributed by atoms with E-state index >= 15 is 0 Å². The molecule has 0 aliphatic carbocycles. The molecule has 0 spiro atoms. The van der Waals surface area contributed by atoms with Gasteiger partial charge in [0.25, 0.3) is 0 Å². The van der Waals surface area contributed by atoms with Gasteiger partial charge in [0.05, 0.1) is 12.3 Å². The highest BCUT2D eigenvalue weighted by atomic mass is 32.2. The minimum atomic E-state index is -1.21. The van der Waals surface area contributed by atoms with Crippen LogP contribution in [0.25, 0.3) is 11.3 Å². The Labute approximate surface area is 131 Å². The van der Waals surface area contributed by atoms with Crippen LogP contribution in [0.1, 0.15) is 5.76 Å². The third-order valence-electron chi connectivity index (χ3n) is 3.44. The molecule has 0 unspecified atom stereocenters. The number of nitrogens with zero attached hydrogens (tertiary/aromatic N) is 1. The molecule has 0 amide bonds. The Kier molecular flexibility index (Phi) is 4.39. The molecule has 0 radical (unpaired) electrons. The van der Waals surface area contributed by atoms with Crippen molar-refractivity contribution < 1.29 is 24.5 Å². The van der Waals surface area contributed by atoms with E-state index in [0.717, 1.165) is 11.3 Å². The molecular formula is C15H17NO5S. The van der Waals surface area contributed by atoms with Crippen LogP contribution in [-0.2, 0) is 0 Å². The number of furan rings is 1. The SMILES string of the molecule is Cc1ccc(-c2cncc(O[C@@H]3SC[C@@H](O)[C@H](O)[C@H]3O)c2)o1. The van der Waals surface area contributed by atoms with E-state index in [9.17, 15) is 15.3 Å². The quantitative estimate of drug-likeness (QED) is 0.780. The van der Waals surface area contributed by atoms with Crippen molar-refractivity contribution in [2.75, 3.05) is 5.75 Å². The van der Waals surface area contributed by atoms with Crippen molar-refractivity contribution in [1.82, 2.24) is 4.98 Å². The summed E-state index contributed by atoms with van der Waals surface area (Å²) >= 11 is 1.25. The molecule has 2 aromatic heterocycles. The van der Waals surface area contributed by atoms with E-state index < -0.39 is 23.7 Å². The van der Waals surface area contributed by atoms with Crippen molar-refractivity contribution in [3.63, 3.8) is 0 Å². The number of aliphatic hydroxyl groups is 3. The number of aryl methyl sites for hydroxylation is 1. The number of hydrogen-bond donors (Lipinski definition) is 3. The first-order chi connectivity index (χ1) is 10.5. The lowest BCUT2D eigenvalue weighted by molar-refractivity contribution is -0.0786. The summed E-state index contributed by atoms with van der Waals surface area (Å²) in [5, 5.41) is 29.2.